The van der Waals surface area contributed by atoms with Gasteiger partial charge in [-0.1, -0.05) is 12.1 Å². The van der Waals surface area contributed by atoms with Crippen LogP contribution in [0, 0.1) is 13.8 Å². The van der Waals surface area contributed by atoms with Crippen molar-refractivity contribution in [3.8, 4) is 17.2 Å². The standard InChI is InChI=1S/C21H17N3O3S2/c1-11-8-12(2)18-15(9-11)23-20(27-18)14-10-13(5-6-16(14)25)22-21(28)24-19(26)17-4-3-7-29-17/h3-10,25H,1-2H3,(H2,22,24,26,28). The summed E-state index contributed by atoms with van der Waals surface area (Å²) in [5.41, 5.74) is 4.49. The Kier molecular flexibility index (Phi) is 5.04. The van der Waals surface area contributed by atoms with Crippen LogP contribution in [-0.2, 0) is 0 Å². The highest BCUT2D eigenvalue weighted by Gasteiger charge is 2.16. The normalized spacial score (nSPS) is 10.8. The van der Waals surface area contributed by atoms with Crippen LogP contribution in [0.25, 0.3) is 22.6 Å². The van der Waals surface area contributed by atoms with Gasteiger partial charge in [0.25, 0.3) is 5.91 Å². The van der Waals surface area contributed by atoms with Gasteiger partial charge in [0.2, 0.25) is 5.89 Å². The second kappa shape index (κ2) is 7.65. The summed E-state index contributed by atoms with van der Waals surface area (Å²) in [6.07, 6.45) is 0. The summed E-state index contributed by atoms with van der Waals surface area (Å²) in [6.45, 7) is 3.95. The lowest BCUT2D eigenvalue weighted by molar-refractivity contribution is 0.0981. The first-order valence-electron chi connectivity index (χ1n) is 8.78. The first-order chi connectivity index (χ1) is 13.9. The molecule has 146 valence electrons. The maximum atomic E-state index is 12.1. The number of benzene rings is 2. The van der Waals surface area contributed by atoms with Crippen molar-refractivity contribution in [2.75, 3.05) is 5.32 Å². The quantitative estimate of drug-likeness (QED) is 0.317. The zero-order chi connectivity index (χ0) is 20.5. The number of aromatic nitrogens is 1. The molecule has 0 saturated carbocycles. The topological polar surface area (TPSA) is 87.4 Å². The van der Waals surface area contributed by atoms with E-state index in [1.807, 2.05) is 31.4 Å². The molecule has 4 aromatic rings. The maximum Gasteiger partial charge on any atom is 0.267 e. The molecule has 6 nitrogen and oxygen atoms in total. The third-order valence-electron chi connectivity index (χ3n) is 4.28. The minimum atomic E-state index is -0.277. The number of amides is 1. The van der Waals surface area contributed by atoms with E-state index >= 15 is 0 Å². The minimum absolute atomic E-state index is 0.0324. The monoisotopic (exact) mass is 423 g/mol. The van der Waals surface area contributed by atoms with Crippen molar-refractivity contribution < 1.29 is 14.3 Å². The first kappa shape index (κ1) is 19.1. The SMILES string of the molecule is Cc1cc(C)c2oc(-c3cc(NC(=S)NC(=O)c4cccs4)ccc3O)nc2c1. The number of carbonyl (C=O) groups excluding carboxylic acids is 1. The van der Waals surface area contributed by atoms with Gasteiger partial charge < -0.3 is 14.8 Å². The van der Waals surface area contributed by atoms with Gasteiger partial charge in [0.15, 0.2) is 10.7 Å². The number of phenolic OH excluding ortho intramolecular Hbond substituents is 1. The van der Waals surface area contributed by atoms with Crippen LogP contribution in [0.5, 0.6) is 5.75 Å². The number of anilines is 1. The molecule has 0 atom stereocenters. The van der Waals surface area contributed by atoms with Crippen molar-refractivity contribution in [2.45, 2.75) is 13.8 Å². The Labute approximate surface area is 176 Å². The van der Waals surface area contributed by atoms with Crippen LogP contribution >= 0.6 is 23.6 Å². The number of rotatable bonds is 3. The Hall–Kier alpha value is -3.23. The number of carbonyl (C=O) groups is 1. The summed E-state index contributed by atoms with van der Waals surface area (Å²) < 4.78 is 5.89. The van der Waals surface area contributed by atoms with E-state index in [4.69, 9.17) is 16.6 Å². The fraction of sp³-hybridized carbons (Fsp3) is 0.0952. The van der Waals surface area contributed by atoms with E-state index in [0.29, 0.717) is 27.6 Å². The van der Waals surface area contributed by atoms with Gasteiger partial charge in [-0.15, -0.1) is 11.3 Å². The summed E-state index contributed by atoms with van der Waals surface area (Å²) in [7, 11) is 0. The summed E-state index contributed by atoms with van der Waals surface area (Å²) in [5, 5.41) is 17.9. The van der Waals surface area contributed by atoms with E-state index in [0.717, 1.165) is 16.6 Å². The van der Waals surface area contributed by atoms with Crippen LogP contribution in [0.1, 0.15) is 20.8 Å². The molecule has 4 rings (SSSR count). The lowest BCUT2D eigenvalue weighted by atomic mass is 10.1. The number of oxazole rings is 1. The summed E-state index contributed by atoms with van der Waals surface area (Å²) in [4.78, 5) is 17.2. The number of hydrogen-bond acceptors (Lipinski definition) is 6. The molecule has 0 bridgehead atoms. The Morgan fingerprint density at radius 1 is 1.21 bits per heavy atom. The number of aromatic hydroxyl groups is 1. The lowest BCUT2D eigenvalue weighted by Crippen LogP contribution is -2.33. The van der Waals surface area contributed by atoms with Gasteiger partial charge in [0.05, 0.1) is 10.4 Å². The van der Waals surface area contributed by atoms with Gasteiger partial charge in [-0.05, 0) is 72.9 Å². The van der Waals surface area contributed by atoms with E-state index < -0.39 is 0 Å². The molecule has 3 N–H and O–H groups in total. The molecule has 0 saturated heterocycles. The van der Waals surface area contributed by atoms with Crippen molar-refractivity contribution in [3.63, 3.8) is 0 Å². The van der Waals surface area contributed by atoms with Gasteiger partial charge in [-0.3, -0.25) is 10.1 Å². The number of nitrogens with one attached hydrogen (secondary N) is 2. The predicted octanol–water partition coefficient (Wildman–Crippen LogP) is 5.01. The van der Waals surface area contributed by atoms with Crippen LogP contribution in [0.2, 0.25) is 0 Å². The van der Waals surface area contributed by atoms with Crippen LogP contribution < -0.4 is 10.6 Å². The summed E-state index contributed by atoms with van der Waals surface area (Å²) in [5.74, 6) is 0.0645. The van der Waals surface area contributed by atoms with Crippen molar-refractivity contribution >= 4 is 51.4 Å². The maximum absolute atomic E-state index is 12.1. The molecule has 0 radical (unpaired) electrons. The fourth-order valence-electron chi connectivity index (χ4n) is 3.01. The molecule has 29 heavy (non-hydrogen) atoms. The number of hydrogen-bond donors (Lipinski definition) is 3. The van der Waals surface area contributed by atoms with Crippen molar-refractivity contribution in [1.82, 2.24) is 10.3 Å². The number of fused-ring (bicyclic) bond motifs is 1. The van der Waals surface area contributed by atoms with Crippen LogP contribution in [-0.4, -0.2) is 21.1 Å². The third-order valence-corrected chi connectivity index (χ3v) is 5.35. The second-order valence-electron chi connectivity index (χ2n) is 6.57. The zero-order valence-electron chi connectivity index (χ0n) is 15.6. The first-order valence-corrected chi connectivity index (χ1v) is 10.1. The Morgan fingerprint density at radius 3 is 2.79 bits per heavy atom. The summed E-state index contributed by atoms with van der Waals surface area (Å²) in [6, 6.07) is 12.3. The smallest absolute Gasteiger partial charge is 0.267 e. The van der Waals surface area contributed by atoms with Crippen molar-refractivity contribution in [3.05, 3.63) is 63.8 Å². The average Bonchev–Trinajstić information content (AvgIpc) is 3.33. The predicted molar refractivity (Wildman–Crippen MR) is 119 cm³/mol. The van der Waals surface area contributed by atoms with Gasteiger partial charge in [-0.25, -0.2) is 4.98 Å². The number of aryl methyl sites for hydroxylation is 2. The van der Waals surface area contributed by atoms with E-state index in [-0.39, 0.29) is 16.8 Å². The molecule has 0 aliphatic carbocycles. The molecule has 2 aromatic carbocycles. The zero-order valence-corrected chi connectivity index (χ0v) is 17.3. The van der Waals surface area contributed by atoms with E-state index in [1.54, 1.807) is 24.3 Å². The lowest BCUT2D eigenvalue weighted by Gasteiger charge is -2.10. The number of thiophene rings is 1. The van der Waals surface area contributed by atoms with E-state index in [9.17, 15) is 9.90 Å². The molecule has 0 fully saturated rings. The highest BCUT2D eigenvalue weighted by molar-refractivity contribution is 7.80. The van der Waals surface area contributed by atoms with Crippen molar-refractivity contribution in [2.24, 2.45) is 0 Å². The fourth-order valence-corrected chi connectivity index (χ4v) is 3.84. The van der Waals surface area contributed by atoms with Crippen LogP contribution in [0.4, 0.5) is 5.69 Å². The largest absolute Gasteiger partial charge is 0.507 e. The van der Waals surface area contributed by atoms with Gasteiger partial charge in [0.1, 0.15) is 11.3 Å². The molecule has 0 aliphatic rings. The summed E-state index contributed by atoms with van der Waals surface area (Å²) >= 11 is 6.55. The molecule has 0 spiro atoms. The molecule has 0 aliphatic heterocycles. The van der Waals surface area contributed by atoms with Crippen LogP contribution in [0.3, 0.4) is 0 Å². The Balaban J connectivity index is 1.59. The second-order valence-corrected chi connectivity index (χ2v) is 7.92. The van der Waals surface area contributed by atoms with E-state index in [2.05, 4.69) is 15.6 Å². The highest BCUT2D eigenvalue weighted by Crippen LogP contribution is 2.34. The Bertz CT molecular complexity index is 1230. The average molecular weight is 424 g/mol. The Morgan fingerprint density at radius 2 is 2.03 bits per heavy atom. The number of phenols is 1. The van der Waals surface area contributed by atoms with Gasteiger partial charge >= 0.3 is 0 Å². The molecule has 1 amide bonds. The van der Waals surface area contributed by atoms with Gasteiger partial charge in [0, 0.05) is 5.69 Å². The third kappa shape index (κ3) is 3.98. The van der Waals surface area contributed by atoms with Crippen LogP contribution in [0.15, 0.2) is 52.3 Å². The molecule has 2 aromatic heterocycles. The highest BCUT2D eigenvalue weighted by atomic mass is 32.1. The number of nitrogens with zero attached hydrogens (tertiary/aromatic N) is 1. The molecule has 2 heterocycles. The molecular formula is C21H17N3O3S2. The molecule has 8 heteroatoms. The molecule has 0 unspecified atom stereocenters. The number of thiocarbonyl (C=S) groups is 1. The van der Waals surface area contributed by atoms with E-state index in [1.165, 1.54) is 17.4 Å². The molecular weight excluding hydrogens is 406 g/mol. The minimum Gasteiger partial charge on any atom is -0.507 e. The van der Waals surface area contributed by atoms with Gasteiger partial charge in [-0.2, -0.15) is 0 Å². The van der Waals surface area contributed by atoms with Crippen molar-refractivity contribution in [1.29, 1.82) is 0 Å².